The molecule has 1 saturated carbocycles. The molecule has 0 amide bonds. The largest absolute Gasteiger partial charge is 0.370 e. The molecule has 1 aromatic carbocycles. The van der Waals surface area contributed by atoms with Gasteiger partial charge in [0.1, 0.15) is 11.5 Å². The lowest BCUT2D eigenvalue weighted by atomic mass is 9.91. The fourth-order valence-corrected chi connectivity index (χ4v) is 3.63. The number of hydrogen-bond acceptors (Lipinski definition) is 3. The number of imidazole rings is 1. The van der Waals surface area contributed by atoms with Crippen molar-refractivity contribution in [3.8, 4) is 22.5 Å². The number of aromatic nitrogens is 3. The monoisotopic (exact) mass is 337 g/mol. The number of benzene rings is 1. The lowest BCUT2D eigenvalue weighted by Crippen LogP contribution is -2.35. The Hall–Kier alpha value is -2.53. The average Bonchev–Trinajstić information content (AvgIpc) is 3.10. The van der Waals surface area contributed by atoms with Crippen molar-refractivity contribution in [1.82, 2.24) is 14.5 Å². The van der Waals surface area contributed by atoms with E-state index in [9.17, 15) is 9.50 Å². The van der Waals surface area contributed by atoms with Crippen LogP contribution in [0.5, 0.6) is 0 Å². The Morgan fingerprint density at radius 1 is 0.920 bits per heavy atom. The Bertz CT molecular complexity index is 852. The molecule has 5 heteroatoms. The van der Waals surface area contributed by atoms with Crippen LogP contribution in [-0.2, 0) is 5.72 Å². The molecule has 1 aliphatic rings. The molecule has 2 aromatic heterocycles. The molecule has 0 unspecified atom stereocenters. The molecule has 0 bridgehead atoms. The topological polar surface area (TPSA) is 50.9 Å². The Morgan fingerprint density at radius 2 is 1.60 bits per heavy atom. The van der Waals surface area contributed by atoms with Crippen molar-refractivity contribution in [2.24, 2.45) is 0 Å². The van der Waals surface area contributed by atoms with E-state index in [0.717, 1.165) is 41.8 Å². The van der Waals surface area contributed by atoms with Crippen LogP contribution in [0.1, 0.15) is 32.1 Å². The van der Waals surface area contributed by atoms with Crippen LogP contribution >= 0.6 is 0 Å². The summed E-state index contributed by atoms with van der Waals surface area (Å²) in [6, 6.07) is 10.1. The molecule has 128 valence electrons. The van der Waals surface area contributed by atoms with Gasteiger partial charge in [0.2, 0.25) is 0 Å². The molecule has 1 fully saturated rings. The summed E-state index contributed by atoms with van der Waals surface area (Å²) < 4.78 is 15.2. The highest BCUT2D eigenvalue weighted by Crippen LogP contribution is 2.39. The van der Waals surface area contributed by atoms with Gasteiger partial charge in [-0.1, -0.05) is 6.42 Å². The van der Waals surface area contributed by atoms with E-state index < -0.39 is 5.72 Å². The van der Waals surface area contributed by atoms with Crippen molar-refractivity contribution >= 4 is 0 Å². The molecular formula is C20H20FN3O. The van der Waals surface area contributed by atoms with E-state index in [0.29, 0.717) is 12.8 Å². The first-order valence-corrected chi connectivity index (χ1v) is 8.64. The van der Waals surface area contributed by atoms with E-state index in [2.05, 4.69) is 9.97 Å². The zero-order chi connectivity index (χ0) is 17.3. The zero-order valence-corrected chi connectivity index (χ0v) is 13.9. The number of halogens is 1. The molecule has 1 aliphatic carbocycles. The van der Waals surface area contributed by atoms with E-state index in [4.69, 9.17) is 0 Å². The number of aliphatic hydroxyl groups is 1. The average molecular weight is 337 g/mol. The van der Waals surface area contributed by atoms with Crippen molar-refractivity contribution in [3.63, 3.8) is 0 Å². The number of nitrogens with zero attached hydrogens (tertiary/aromatic N) is 3. The maximum absolute atomic E-state index is 13.3. The molecule has 0 saturated heterocycles. The fraction of sp³-hybridized carbons (Fsp3) is 0.300. The van der Waals surface area contributed by atoms with E-state index in [1.807, 2.05) is 16.7 Å². The minimum absolute atomic E-state index is 0.278. The maximum Gasteiger partial charge on any atom is 0.143 e. The Kier molecular flexibility index (Phi) is 4.09. The molecule has 0 spiro atoms. The fourth-order valence-electron chi connectivity index (χ4n) is 3.63. The maximum atomic E-state index is 13.3. The first kappa shape index (κ1) is 16.0. The molecular weight excluding hydrogens is 317 g/mol. The van der Waals surface area contributed by atoms with Crippen LogP contribution in [-0.4, -0.2) is 19.6 Å². The van der Waals surface area contributed by atoms with E-state index in [-0.39, 0.29) is 5.82 Å². The van der Waals surface area contributed by atoms with Gasteiger partial charge in [-0.05, 0) is 62.1 Å². The molecule has 1 N–H and O–H groups in total. The smallest absolute Gasteiger partial charge is 0.143 e. The molecule has 2 heterocycles. The van der Waals surface area contributed by atoms with Gasteiger partial charge >= 0.3 is 0 Å². The van der Waals surface area contributed by atoms with Crippen molar-refractivity contribution in [3.05, 3.63) is 60.9 Å². The van der Waals surface area contributed by atoms with Gasteiger partial charge in [0, 0.05) is 23.5 Å². The number of hydrogen-bond donors (Lipinski definition) is 1. The highest BCUT2D eigenvalue weighted by Gasteiger charge is 2.34. The summed E-state index contributed by atoms with van der Waals surface area (Å²) in [6.07, 6.45) is 9.73. The van der Waals surface area contributed by atoms with Crippen molar-refractivity contribution < 1.29 is 9.50 Å². The predicted molar refractivity (Wildman–Crippen MR) is 94.1 cm³/mol. The highest BCUT2D eigenvalue weighted by atomic mass is 19.1. The summed E-state index contributed by atoms with van der Waals surface area (Å²) in [5.74, 6) is -0.278. The summed E-state index contributed by atoms with van der Waals surface area (Å²) in [5.41, 5.74) is 2.42. The van der Waals surface area contributed by atoms with Crippen LogP contribution in [0.25, 0.3) is 22.5 Å². The summed E-state index contributed by atoms with van der Waals surface area (Å²) >= 11 is 0. The van der Waals surface area contributed by atoms with E-state index in [1.54, 1.807) is 30.9 Å². The quantitative estimate of drug-likeness (QED) is 0.772. The van der Waals surface area contributed by atoms with Crippen LogP contribution in [0.2, 0.25) is 0 Å². The Morgan fingerprint density at radius 3 is 2.28 bits per heavy atom. The van der Waals surface area contributed by atoms with Crippen molar-refractivity contribution in [1.29, 1.82) is 0 Å². The number of rotatable bonds is 3. The first-order chi connectivity index (χ1) is 12.2. The third-order valence-electron chi connectivity index (χ3n) is 4.94. The lowest BCUT2D eigenvalue weighted by Gasteiger charge is -2.34. The Balaban J connectivity index is 1.89. The highest BCUT2D eigenvalue weighted by molar-refractivity contribution is 5.78. The zero-order valence-electron chi connectivity index (χ0n) is 13.9. The van der Waals surface area contributed by atoms with Gasteiger partial charge in [0.25, 0.3) is 0 Å². The van der Waals surface area contributed by atoms with Gasteiger partial charge in [0.15, 0.2) is 0 Å². The predicted octanol–water partition coefficient (Wildman–Crippen LogP) is 4.36. The lowest BCUT2D eigenvalue weighted by molar-refractivity contribution is -0.0681. The summed E-state index contributed by atoms with van der Waals surface area (Å²) in [5, 5.41) is 11.2. The van der Waals surface area contributed by atoms with Gasteiger partial charge in [0.05, 0.1) is 17.7 Å². The van der Waals surface area contributed by atoms with Gasteiger partial charge in [-0.15, -0.1) is 0 Å². The third-order valence-corrected chi connectivity index (χ3v) is 4.94. The van der Waals surface area contributed by atoms with Crippen LogP contribution < -0.4 is 0 Å². The Labute approximate surface area is 146 Å². The molecule has 3 aromatic rings. The van der Waals surface area contributed by atoms with Crippen LogP contribution in [0, 0.1) is 5.82 Å². The third kappa shape index (κ3) is 2.96. The summed E-state index contributed by atoms with van der Waals surface area (Å²) in [7, 11) is 0. The van der Waals surface area contributed by atoms with Crippen LogP contribution in [0.15, 0.2) is 55.1 Å². The second-order valence-corrected chi connectivity index (χ2v) is 6.60. The molecule has 4 rings (SSSR count). The SMILES string of the molecule is OC1(n2cnc(-c3ccc(F)cc3)c2-c2ccncc2)CCCCC1. The van der Waals surface area contributed by atoms with Crippen molar-refractivity contribution in [2.45, 2.75) is 37.8 Å². The molecule has 0 radical (unpaired) electrons. The number of pyridine rings is 1. The standard InChI is InChI=1S/C20H20FN3O/c21-17-6-4-15(5-7-17)18-19(16-8-12-22-13-9-16)24(14-23-18)20(25)10-2-1-3-11-20/h4-9,12-14,25H,1-3,10-11H2. The molecule has 25 heavy (non-hydrogen) atoms. The summed E-state index contributed by atoms with van der Waals surface area (Å²) in [6.45, 7) is 0. The first-order valence-electron chi connectivity index (χ1n) is 8.64. The minimum Gasteiger partial charge on any atom is -0.370 e. The minimum atomic E-state index is -0.928. The van der Waals surface area contributed by atoms with Gasteiger partial charge < -0.3 is 9.67 Å². The molecule has 0 atom stereocenters. The van der Waals surface area contributed by atoms with Crippen LogP contribution in [0.3, 0.4) is 0 Å². The second kappa shape index (κ2) is 6.41. The van der Waals surface area contributed by atoms with Crippen LogP contribution in [0.4, 0.5) is 4.39 Å². The van der Waals surface area contributed by atoms with Gasteiger partial charge in [-0.25, -0.2) is 9.37 Å². The summed E-state index contributed by atoms with van der Waals surface area (Å²) in [4.78, 5) is 8.66. The van der Waals surface area contributed by atoms with Gasteiger partial charge in [-0.2, -0.15) is 0 Å². The van der Waals surface area contributed by atoms with E-state index in [1.165, 1.54) is 12.1 Å². The van der Waals surface area contributed by atoms with Gasteiger partial charge in [-0.3, -0.25) is 4.98 Å². The molecule has 4 nitrogen and oxygen atoms in total. The van der Waals surface area contributed by atoms with Crippen molar-refractivity contribution in [2.75, 3.05) is 0 Å². The second-order valence-electron chi connectivity index (χ2n) is 6.60. The normalized spacial score (nSPS) is 16.7. The van der Waals surface area contributed by atoms with E-state index >= 15 is 0 Å². The molecule has 0 aliphatic heterocycles.